The Bertz CT molecular complexity index is 1230. The summed E-state index contributed by atoms with van der Waals surface area (Å²) in [7, 11) is 0. The number of carboxylic acid groups (broad SMARTS) is 1. The Kier molecular flexibility index (Phi) is 5.53. The monoisotopic (exact) mass is 455 g/mol. The predicted octanol–water partition coefficient (Wildman–Crippen LogP) is 4.23. The molecule has 0 amide bonds. The summed E-state index contributed by atoms with van der Waals surface area (Å²) in [5.74, 6) is 0.208. The van der Waals surface area contributed by atoms with E-state index in [1.54, 1.807) is 18.2 Å². The number of para-hydroxylation sites is 1. The van der Waals surface area contributed by atoms with Crippen LogP contribution in [-0.4, -0.2) is 30.4 Å². The first kappa shape index (κ1) is 20.8. The maximum absolute atomic E-state index is 12.5. The average Bonchev–Trinajstić information content (AvgIpc) is 3.16. The largest absolute Gasteiger partial charge is 0.491 e. The number of carbonyl (C=O) groups is 1. The van der Waals surface area contributed by atoms with Gasteiger partial charge in [-0.1, -0.05) is 23.7 Å². The van der Waals surface area contributed by atoms with Gasteiger partial charge in [0.25, 0.3) is 0 Å². The molecule has 8 heteroatoms. The Labute approximate surface area is 189 Å². The fraction of sp³-hybridized carbons (Fsp3) is 0.333. The van der Waals surface area contributed by atoms with Crippen molar-refractivity contribution in [1.29, 1.82) is 0 Å². The molecule has 1 fully saturated rings. The molecule has 2 heterocycles. The molecule has 1 N–H and O–H groups in total. The Balaban J connectivity index is 1.20. The van der Waals surface area contributed by atoms with Crippen LogP contribution in [0.3, 0.4) is 0 Å². The van der Waals surface area contributed by atoms with Crippen LogP contribution < -0.4 is 15.1 Å². The topological polar surface area (TPSA) is 89.2 Å². The Morgan fingerprint density at radius 3 is 2.75 bits per heavy atom. The molecule has 1 aliphatic heterocycles. The molecule has 1 aliphatic carbocycles. The third-order valence-corrected chi connectivity index (χ3v) is 6.35. The zero-order valence-corrected chi connectivity index (χ0v) is 18.0. The summed E-state index contributed by atoms with van der Waals surface area (Å²) in [5.41, 5.74) is 2.53. The molecule has 5 rings (SSSR count). The third-order valence-electron chi connectivity index (χ3n) is 6.06. The van der Waals surface area contributed by atoms with Gasteiger partial charge in [-0.15, -0.1) is 0 Å². The fourth-order valence-corrected chi connectivity index (χ4v) is 4.39. The van der Waals surface area contributed by atoms with Crippen molar-refractivity contribution in [2.75, 3.05) is 18.1 Å². The molecule has 2 aliphatic rings. The van der Waals surface area contributed by atoms with E-state index in [9.17, 15) is 9.59 Å². The minimum atomic E-state index is -0.751. The summed E-state index contributed by atoms with van der Waals surface area (Å²) in [5, 5.41) is 9.78. The van der Waals surface area contributed by atoms with Gasteiger partial charge < -0.3 is 23.9 Å². The SMILES string of the molecule is O=C(O)C1CC(OCCOc2ccc3c(c2)CN(c2cc(=O)c4cccc(Cl)c4o2)C3)C1. The van der Waals surface area contributed by atoms with E-state index in [0.717, 1.165) is 16.9 Å². The van der Waals surface area contributed by atoms with E-state index < -0.39 is 5.97 Å². The zero-order valence-electron chi connectivity index (χ0n) is 17.3. The molecule has 1 saturated carbocycles. The van der Waals surface area contributed by atoms with Crippen LogP contribution in [0.4, 0.5) is 5.88 Å². The van der Waals surface area contributed by atoms with Crippen LogP contribution in [0.5, 0.6) is 5.75 Å². The maximum atomic E-state index is 12.5. The van der Waals surface area contributed by atoms with E-state index in [2.05, 4.69) is 0 Å². The maximum Gasteiger partial charge on any atom is 0.306 e. The molecular formula is C24H22ClNO6. The van der Waals surface area contributed by atoms with Crippen LogP contribution in [0.2, 0.25) is 5.02 Å². The van der Waals surface area contributed by atoms with Crippen LogP contribution >= 0.6 is 11.6 Å². The van der Waals surface area contributed by atoms with Crippen LogP contribution in [0.1, 0.15) is 24.0 Å². The lowest BCUT2D eigenvalue weighted by molar-refractivity contribution is -0.151. The average molecular weight is 456 g/mol. The predicted molar refractivity (Wildman–Crippen MR) is 119 cm³/mol. The van der Waals surface area contributed by atoms with E-state index in [1.807, 2.05) is 23.1 Å². The Hall–Kier alpha value is -3.03. The lowest BCUT2D eigenvalue weighted by Gasteiger charge is -2.31. The first-order chi connectivity index (χ1) is 15.5. The van der Waals surface area contributed by atoms with Gasteiger partial charge in [0.15, 0.2) is 11.0 Å². The highest BCUT2D eigenvalue weighted by atomic mass is 35.5. The van der Waals surface area contributed by atoms with Crippen molar-refractivity contribution in [1.82, 2.24) is 0 Å². The van der Waals surface area contributed by atoms with Crippen LogP contribution in [0.25, 0.3) is 11.0 Å². The summed E-state index contributed by atoms with van der Waals surface area (Å²) < 4.78 is 17.4. The van der Waals surface area contributed by atoms with E-state index in [-0.39, 0.29) is 17.5 Å². The molecule has 2 aromatic carbocycles. The van der Waals surface area contributed by atoms with Gasteiger partial charge in [0.05, 0.1) is 29.0 Å². The number of anilines is 1. The molecule has 7 nitrogen and oxygen atoms in total. The highest BCUT2D eigenvalue weighted by Gasteiger charge is 2.35. The number of nitrogens with zero attached hydrogens (tertiary/aromatic N) is 1. The van der Waals surface area contributed by atoms with Crippen molar-refractivity contribution in [3.63, 3.8) is 0 Å². The van der Waals surface area contributed by atoms with Crippen LogP contribution in [0.15, 0.2) is 51.7 Å². The summed E-state index contributed by atoms with van der Waals surface area (Å²) >= 11 is 6.23. The van der Waals surface area contributed by atoms with Crippen molar-refractivity contribution in [3.05, 3.63) is 68.8 Å². The molecule has 0 spiro atoms. The molecular weight excluding hydrogens is 434 g/mol. The van der Waals surface area contributed by atoms with Gasteiger partial charge >= 0.3 is 5.97 Å². The molecule has 0 radical (unpaired) electrons. The van der Waals surface area contributed by atoms with Gasteiger partial charge in [-0.2, -0.15) is 0 Å². The number of ether oxygens (including phenoxy) is 2. The van der Waals surface area contributed by atoms with Gasteiger partial charge in [-0.3, -0.25) is 9.59 Å². The van der Waals surface area contributed by atoms with E-state index in [1.165, 1.54) is 6.07 Å². The van der Waals surface area contributed by atoms with Crippen LogP contribution in [0, 0.1) is 5.92 Å². The highest BCUT2D eigenvalue weighted by Crippen LogP contribution is 2.33. The minimum absolute atomic E-state index is 0.0124. The standard InChI is InChI=1S/C24H22ClNO6/c25-20-3-1-2-19-21(27)11-22(32-23(19)20)26-12-14-4-5-17(10-16(14)13-26)30-6-7-31-18-8-15(9-18)24(28)29/h1-5,10-11,15,18H,6-9,12-13H2,(H,28,29). The summed E-state index contributed by atoms with van der Waals surface area (Å²) in [6.45, 7) is 2.04. The van der Waals surface area contributed by atoms with Crippen LogP contribution in [-0.2, 0) is 22.6 Å². The minimum Gasteiger partial charge on any atom is -0.491 e. The third kappa shape index (κ3) is 4.06. The van der Waals surface area contributed by atoms with Gasteiger partial charge in [0.1, 0.15) is 12.4 Å². The number of hydrogen-bond donors (Lipinski definition) is 1. The lowest BCUT2D eigenvalue weighted by Crippen LogP contribution is -2.36. The summed E-state index contributed by atoms with van der Waals surface area (Å²) in [4.78, 5) is 25.3. The van der Waals surface area contributed by atoms with Gasteiger partial charge in [-0.05, 0) is 48.2 Å². The van der Waals surface area contributed by atoms with Crippen molar-refractivity contribution in [2.24, 2.45) is 5.92 Å². The van der Waals surface area contributed by atoms with Gasteiger partial charge in [0.2, 0.25) is 5.88 Å². The Morgan fingerprint density at radius 2 is 1.94 bits per heavy atom. The van der Waals surface area contributed by atoms with Crippen molar-refractivity contribution >= 4 is 34.4 Å². The van der Waals surface area contributed by atoms with Gasteiger partial charge in [0, 0.05) is 19.2 Å². The highest BCUT2D eigenvalue weighted by molar-refractivity contribution is 6.34. The lowest BCUT2D eigenvalue weighted by atomic mass is 9.82. The van der Waals surface area contributed by atoms with Crippen molar-refractivity contribution in [3.8, 4) is 5.75 Å². The molecule has 0 bridgehead atoms. The second-order valence-electron chi connectivity index (χ2n) is 8.20. The number of benzene rings is 2. The molecule has 3 aromatic rings. The second kappa shape index (κ2) is 8.48. The number of carboxylic acids is 1. The molecule has 166 valence electrons. The summed E-state index contributed by atoms with van der Waals surface area (Å²) in [6.07, 6.45) is 1.15. The van der Waals surface area contributed by atoms with E-state index in [4.69, 9.17) is 30.6 Å². The zero-order chi connectivity index (χ0) is 22.2. The smallest absolute Gasteiger partial charge is 0.306 e. The molecule has 0 unspecified atom stereocenters. The van der Waals surface area contributed by atoms with E-state index in [0.29, 0.717) is 61.0 Å². The number of hydrogen-bond acceptors (Lipinski definition) is 6. The Morgan fingerprint density at radius 1 is 1.12 bits per heavy atom. The molecule has 0 saturated heterocycles. The fourth-order valence-electron chi connectivity index (χ4n) is 4.18. The number of rotatable bonds is 7. The quantitative estimate of drug-likeness (QED) is 0.533. The molecule has 32 heavy (non-hydrogen) atoms. The van der Waals surface area contributed by atoms with E-state index >= 15 is 0 Å². The van der Waals surface area contributed by atoms with Crippen molar-refractivity contribution in [2.45, 2.75) is 32.0 Å². The molecule has 1 aromatic heterocycles. The first-order valence-electron chi connectivity index (χ1n) is 10.5. The number of aliphatic carboxylic acids is 1. The second-order valence-corrected chi connectivity index (χ2v) is 8.61. The summed E-state index contributed by atoms with van der Waals surface area (Å²) in [6, 6.07) is 12.6. The van der Waals surface area contributed by atoms with Gasteiger partial charge in [-0.25, -0.2) is 0 Å². The normalized spacial score (nSPS) is 19.6. The number of halogens is 1. The van der Waals surface area contributed by atoms with Crippen molar-refractivity contribution < 1.29 is 23.8 Å². The first-order valence-corrected chi connectivity index (χ1v) is 10.9. The molecule has 0 atom stereocenters. The number of fused-ring (bicyclic) bond motifs is 2.